The van der Waals surface area contributed by atoms with Crippen LogP contribution in [0, 0.1) is 5.41 Å². The molecule has 0 spiro atoms. The van der Waals surface area contributed by atoms with E-state index in [9.17, 15) is 9.90 Å². The number of hydrogen-bond donors (Lipinski definition) is 1. The predicted molar refractivity (Wildman–Crippen MR) is 93.2 cm³/mol. The summed E-state index contributed by atoms with van der Waals surface area (Å²) in [6, 6.07) is 9.96. The Morgan fingerprint density at radius 3 is 2.91 bits per heavy atom. The SMILES string of the molecule is CC(C)(CO)CCCN1C(=O)CSC1c1cc2ccccc2o1. The van der Waals surface area contributed by atoms with Gasteiger partial charge in [0, 0.05) is 18.5 Å². The van der Waals surface area contributed by atoms with Gasteiger partial charge in [-0.3, -0.25) is 4.79 Å². The lowest BCUT2D eigenvalue weighted by molar-refractivity contribution is -0.128. The monoisotopic (exact) mass is 333 g/mol. The van der Waals surface area contributed by atoms with Crippen LogP contribution >= 0.6 is 11.8 Å². The summed E-state index contributed by atoms with van der Waals surface area (Å²) in [4.78, 5) is 14.1. The average Bonchev–Trinajstić information content (AvgIpc) is 3.11. The van der Waals surface area contributed by atoms with E-state index in [2.05, 4.69) is 0 Å². The first-order chi connectivity index (χ1) is 11.0. The zero-order chi connectivity index (χ0) is 16.4. The molecule has 1 aromatic heterocycles. The molecule has 0 saturated carbocycles. The zero-order valence-electron chi connectivity index (χ0n) is 13.6. The molecule has 2 aromatic rings. The molecule has 2 heterocycles. The van der Waals surface area contributed by atoms with Crippen molar-refractivity contribution in [1.82, 2.24) is 4.90 Å². The van der Waals surface area contributed by atoms with Crippen molar-refractivity contribution in [2.45, 2.75) is 32.1 Å². The van der Waals surface area contributed by atoms with Crippen molar-refractivity contribution < 1.29 is 14.3 Å². The molecule has 124 valence electrons. The molecule has 1 aromatic carbocycles. The zero-order valence-corrected chi connectivity index (χ0v) is 14.4. The third-order valence-corrected chi connectivity index (χ3v) is 5.55. The number of thioether (sulfide) groups is 1. The number of aliphatic hydroxyl groups excluding tert-OH is 1. The first-order valence-electron chi connectivity index (χ1n) is 8.01. The Morgan fingerprint density at radius 2 is 2.17 bits per heavy atom. The van der Waals surface area contributed by atoms with Gasteiger partial charge in [-0.1, -0.05) is 32.0 Å². The predicted octanol–water partition coefficient (Wildman–Crippen LogP) is 3.81. The third-order valence-electron chi connectivity index (χ3n) is 4.34. The number of carbonyl (C=O) groups excluding carboxylic acids is 1. The molecule has 1 amide bonds. The molecule has 1 unspecified atom stereocenters. The van der Waals surface area contributed by atoms with Crippen molar-refractivity contribution in [2.24, 2.45) is 5.41 Å². The quantitative estimate of drug-likeness (QED) is 0.873. The van der Waals surface area contributed by atoms with Crippen molar-refractivity contribution >= 4 is 28.6 Å². The van der Waals surface area contributed by atoms with E-state index in [-0.39, 0.29) is 23.3 Å². The minimum Gasteiger partial charge on any atom is -0.458 e. The maximum atomic E-state index is 12.2. The second kappa shape index (κ2) is 6.57. The van der Waals surface area contributed by atoms with Crippen LogP contribution in [0.15, 0.2) is 34.7 Å². The Hall–Kier alpha value is -1.46. The number of hydrogen-bond acceptors (Lipinski definition) is 4. The first kappa shape index (κ1) is 16.4. The van der Waals surface area contributed by atoms with E-state index in [1.54, 1.807) is 11.8 Å². The molecule has 1 saturated heterocycles. The molecule has 23 heavy (non-hydrogen) atoms. The largest absolute Gasteiger partial charge is 0.458 e. The van der Waals surface area contributed by atoms with Crippen molar-refractivity contribution in [3.05, 3.63) is 36.1 Å². The second-order valence-electron chi connectivity index (χ2n) is 6.86. The van der Waals surface area contributed by atoms with E-state index in [4.69, 9.17) is 4.42 Å². The minimum absolute atomic E-state index is 0.0351. The highest BCUT2D eigenvalue weighted by Crippen LogP contribution is 2.41. The van der Waals surface area contributed by atoms with E-state index in [1.807, 2.05) is 49.1 Å². The number of amides is 1. The van der Waals surface area contributed by atoms with Gasteiger partial charge in [-0.15, -0.1) is 11.8 Å². The number of para-hydroxylation sites is 1. The molecule has 4 nitrogen and oxygen atoms in total. The molecule has 1 atom stereocenters. The Kier molecular flexibility index (Phi) is 4.69. The van der Waals surface area contributed by atoms with Gasteiger partial charge >= 0.3 is 0 Å². The van der Waals surface area contributed by atoms with E-state index in [0.717, 1.165) is 29.6 Å². The van der Waals surface area contributed by atoms with Gasteiger partial charge in [0.1, 0.15) is 16.7 Å². The van der Waals surface area contributed by atoms with Gasteiger partial charge in [0.05, 0.1) is 5.75 Å². The van der Waals surface area contributed by atoms with Crippen LogP contribution in [0.25, 0.3) is 11.0 Å². The number of rotatable bonds is 6. The lowest BCUT2D eigenvalue weighted by Crippen LogP contribution is -2.30. The fourth-order valence-corrected chi connectivity index (χ4v) is 4.01. The van der Waals surface area contributed by atoms with Crippen molar-refractivity contribution in [1.29, 1.82) is 0 Å². The molecule has 1 aliphatic rings. The van der Waals surface area contributed by atoms with Crippen LogP contribution in [-0.2, 0) is 4.79 Å². The van der Waals surface area contributed by atoms with Gasteiger partial charge < -0.3 is 14.4 Å². The van der Waals surface area contributed by atoms with Crippen molar-refractivity contribution in [3.63, 3.8) is 0 Å². The van der Waals surface area contributed by atoms with Gasteiger partial charge in [-0.05, 0) is 30.4 Å². The molecule has 3 rings (SSSR count). The van der Waals surface area contributed by atoms with E-state index < -0.39 is 0 Å². The first-order valence-corrected chi connectivity index (χ1v) is 9.05. The molecule has 1 N–H and O–H groups in total. The number of furan rings is 1. The van der Waals surface area contributed by atoms with Gasteiger partial charge in [0.2, 0.25) is 5.91 Å². The molecular formula is C18H23NO3S. The summed E-state index contributed by atoms with van der Waals surface area (Å²) in [5, 5.41) is 10.4. The topological polar surface area (TPSA) is 53.7 Å². The average molecular weight is 333 g/mol. The Balaban J connectivity index is 1.72. The molecule has 0 radical (unpaired) electrons. The molecule has 0 bridgehead atoms. The fourth-order valence-electron chi connectivity index (χ4n) is 2.86. The molecule has 5 heteroatoms. The number of fused-ring (bicyclic) bond motifs is 1. The summed E-state index contributed by atoms with van der Waals surface area (Å²) >= 11 is 1.62. The van der Waals surface area contributed by atoms with Crippen LogP contribution in [0.1, 0.15) is 37.8 Å². The lowest BCUT2D eigenvalue weighted by Gasteiger charge is -2.26. The summed E-state index contributed by atoms with van der Waals surface area (Å²) in [7, 11) is 0. The molecule has 1 aliphatic heterocycles. The van der Waals surface area contributed by atoms with Gasteiger partial charge in [0.25, 0.3) is 0 Å². The number of aliphatic hydroxyl groups is 1. The Morgan fingerprint density at radius 1 is 1.39 bits per heavy atom. The second-order valence-corrected chi connectivity index (χ2v) is 7.93. The van der Waals surface area contributed by atoms with Gasteiger partial charge in [-0.25, -0.2) is 0 Å². The number of nitrogens with zero attached hydrogens (tertiary/aromatic N) is 1. The lowest BCUT2D eigenvalue weighted by atomic mass is 9.89. The van der Waals surface area contributed by atoms with Crippen LogP contribution in [0.2, 0.25) is 0 Å². The third kappa shape index (κ3) is 3.56. The molecule has 1 fully saturated rings. The van der Waals surface area contributed by atoms with Crippen LogP contribution in [0.5, 0.6) is 0 Å². The van der Waals surface area contributed by atoms with E-state index >= 15 is 0 Å². The Bertz CT molecular complexity index is 661. The van der Waals surface area contributed by atoms with Crippen LogP contribution < -0.4 is 0 Å². The normalized spacial score (nSPS) is 19.0. The smallest absolute Gasteiger partial charge is 0.233 e. The van der Waals surface area contributed by atoms with Crippen molar-refractivity contribution in [3.8, 4) is 0 Å². The number of benzene rings is 1. The standard InChI is InChI=1S/C18H23NO3S/c1-18(2,12-20)8-5-9-19-16(21)11-23-17(19)15-10-13-6-3-4-7-14(13)22-15/h3-4,6-7,10,17,20H,5,8-9,11-12H2,1-2H3. The highest BCUT2D eigenvalue weighted by molar-refractivity contribution is 8.00. The molecular weight excluding hydrogens is 310 g/mol. The summed E-state index contributed by atoms with van der Waals surface area (Å²) in [5.41, 5.74) is 0.772. The van der Waals surface area contributed by atoms with Crippen LogP contribution in [0.3, 0.4) is 0 Å². The Labute approximate surface area is 140 Å². The van der Waals surface area contributed by atoms with Gasteiger partial charge in [-0.2, -0.15) is 0 Å². The van der Waals surface area contributed by atoms with E-state index in [1.165, 1.54) is 0 Å². The van der Waals surface area contributed by atoms with Crippen LogP contribution in [0.4, 0.5) is 0 Å². The highest BCUT2D eigenvalue weighted by Gasteiger charge is 2.35. The number of carbonyl (C=O) groups is 1. The van der Waals surface area contributed by atoms with Crippen molar-refractivity contribution in [2.75, 3.05) is 18.9 Å². The van der Waals surface area contributed by atoms with Gasteiger partial charge in [0.15, 0.2) is 0 Å². The summed E-state index contributed by atoms with van der Waals surface area (Å²) in [5.74, 6) is 1.52. The van der Waals surface area contributed by atoms with E-state index in [0.29, 0.717) is 12.3 Å². The fraction of sp³-hybridized carbons (Fsp3) is 0.500. The summed E-state index contributed by atoms with van der Waals surface area (Å²) in [6.45, 7) is 4.97. The maximum Gasteiger partial charge on any atom is 0.233 e. The maximum absolute atomic E-state index is 12.2. The summed E-state index contributed by atoms with van der Waals surface area (Å²) < 4.78 is 5.94. The summed E-state index contributed by atoms with van der Waals surface area (Å²) in [6.07, 6.45) is 1.78. The minimum atomic E-state index is -0.0925. The van der Waals surface area contributed by atoms with Crippen LogP contribution in [-0.4, -0.2) is 34.8 Å². The highest BCUT2D eigenvalue weighted by atomic mass is 32.2. The molecule has 0 aliphatic carbocycles.